The number of carbonyl (C=O) groups excluding carboxylic acids is 3. The van der Waals surface area contributed by atoms with Gasteiger partial charge in [0, 0.05) is 5.56 Å². The van der Waals surface area contributed by atoms with Crippen LogP contribution in [0.2, 0.25) is 0 Å². The van der Waals surface area contributed by atoms with E-state index in [1.807, 2.05) is 0 Å². The van der Waals surface area contributed by atoms with Crippen molar-refractivity contribution in [1.82, 2.24) is 4.98 Å². The van der Waals surface area contributed by atoms with Gasteiger partial charge in [0.1, 0.15) is 28.8 Å². The molecule has 0 aliphatic carbocycles. The Bertz CT molecular complexity index is 1460. The summed E-state index contributed by atoms with van der Waals surface area (Å²) in [5.74, 6) is -3.24. The number of aryl methyl sites for hydroxylation is 2. The lowest BCUT2D eigenvalue weighted by Gasteiger charge is -2.23. The van der Waals surface area contributed by atoms with Crippen LogP contribution in [0.4, 0.5) is 9.52 Å². The van der Waals surface area contributed by atoms with Gasteiger partial charge in [-0.05, 0) is 43.2 Å². The van der Waals surface area contributed by atoms with Gasteiger partial charge in [-0.25, -0.2) is 14.2 Å². The quantitative estimate of drug-likeness (QED) is 0.155. The number of aliphatic hydroxyl groups excluding tert-OH is 1. The van der Waals surface area contributed by atoms with Crippen LogP contribution < -0.4 is 9.64 Å². The van der Waals surface area contributed by atoms with E-state index in [1.54, 1.807) is 38.1 Å². The van der Waals surface area contributed by atoms with E-state index in [4.69, 9.17) is 9.47 Å². The van der Waals surface area contributed by atoms with Crippen molar-refractivity contribution in [2.75, 3.05) is 18.6 Å². The summed E-state index contributed by atoms with van der Waals surface area (Å²) in [6.45, 7) is 6.65. The monoisotopic (exact) mass is 522 g/mol. The van der Waals surface area contributed by atoms with E-state index in [0.29, 0.717) is 22.6 Å². The predicted molar refractivity (Wildman–Crippen MR) is 136 cm³/mol. The van der Waals surface area contributed by atoms with E-state index >= 15 is 0 Å². The number of anilines is 1. The molecule has 1 aromatic heterocycles. The van der Waals surface area contributed by atoms with Crippen molar-refractivity contribution in [2.45, 2.75) is 19.9 Å². The molecule has 1 amide bonds. The van der Waals surface area contributed by atoms with Gasteiger partial charge in [-0.15, -0.1) is 0 Å². The Morgan fingerprint density at radius 3 is 2.68 bits per heavy atom. The van der Waals surface area contributed by atoms with E-state index in [1.165, 1.54) is 25.3 Å². The van der Waals surface area contributed by atoms with Gasteiger partial charge in [0.25, 0.3) is 5.78 Å². The number of hydrogen-bond acceptors (Lipinski definition) is 8. The Morgan fingerprint density at radius 1 is 1.24 bits per heavy atom. The maximum Gasteiger partial charge on any atom is 0.350 e. The molecular weight excluding hydrogens is 499 g/mol. The number of carbonyl (C=O) groups is 3. The third-order valence-electron chi connectivity index (χ3n) is 5.81. The SMILES string of the molecule is C=CCOC(=O)c1sc(N2C(=O)C(=O)C(=C(O)c3ccc(C)c(F)c3)[C@@H]2c2cccc(OC)c2)nc1C. The van der Waals surface area contributed by atoms with Crippen molar-refractivity contribution in [2.24, 2.45) is 0 Å². The van der Waals surface area contributed by atoms with Gasteiger partial charge in [-0.1, -0.05) is 48.3 Å². The number of benzene rings is 2. The Kier molecular flexibility index (Phi) is 7.21. The molecule has 1 aliphatic heterocycles. The van der Waals surface area contributed by atoms with E-state index in [2.05, 4.69) is 11.6 Å². The van der Waals surface area contributed by atoms with Crippen LogP contribution in [0.15, 0.2) is 60.7 Å². The zero-order chi connectivity index (χ0) is 26.9. The molecule has 37 heavy (non-hydrogen) atoms. The van der Waals surface area contributed by atoms with Gasteiger partial charge >= 0.3 is 11.9 Å². The molecular formula is C27H23FN2O6S. The maximum absolute atomic E-state index is 14.3. The van der Waals surface area contributed by atoms with Crippen LogP contribution in [0, 0.1) is 19.7 Å². The second kappa shape index (κ2) is 10.4. The number of nitrogens with zero attached hydrogens (tertiary/aromatic N) is 2. The van der Waals surface area contributed by atoms with E-state index in [9.17, 15) is 23.9 Å². The van der Waals surface area contributed by atoms with Gasteiger partial charge < -0.3 is 14.6 Å². The summed E-state index contributed by atoms with van der Waals surface area (Å²) in [5.41, 5.74) is 0.899. The highest BCUT2D eigenvalue weighted by molar-refractivity contribution is 7.17. The number of hydrogen-bond donors (Lipinski definition) is 1. The number of Topliss-reactive ketones (excluding diaryl/α,β-unsaturated/α-hetero) is 1. The number of ketones is 1. The van der Waals surface area contributed by atoms with Crippen LogP contribution >= 0.6 is 11.3 Å². The van der Waals surface area contributed by atoms with Crippen LogP contribution in [0.25, 0.3) is 5.76 Å². The fourth-order valence-electron chi connectivity index (χ4n) is 3.93. The minimum Gasteiger partial charge on any atom is -0.507 e. The number of methoxy groups -OCH3 is 1. The van der Waals surface area contributed by atoms with Crippen molar-refractivity contribution < 1.29 is 33.4 Å². The Hall–Kier alpha value is -4.31. The largest absolute Gasteiger partial charge is 0.507 e. The molecule has 3 aromatic rings. The van der Waals surface area contributed by atoms with Crippen LogP contribution in [0.1, 0.15) is 38.1 Å². The number of ether oxygens (including phenoxy) is 2. The number of aromatic nitrogens is 1. The highest BCUT2D eigenvalue weighted by Gasteiger charge is 2.48. The first-order valence-corrected chi connectivity index (χ1v) is 12.0. The standard InChI is InChI=1S/C27H23FN2O6S/c1-5-11-36-26(34)24-15(3)29-27(37-24)30-21(16-7-6-8-18(12-16)35-4)20(23(32)25(30)33)22(31)17-10-9-14(2)19(28)13-17/h5-10,12-13,21,31H,1,11H2,2-4H3/t21-/m0/s1. The van der Waals surface area contributed by atoms with Crippen molar-refractivity contribution in [1.29, 1.82) is 0 Å². The molecule has 0 unspecified atom stereocenters. The predicted octanol–water partition coefficient (Wildman–Crippen LogP) is 4.88. The summed E-state index contributed by atoms with van der Waals surface area (Å²) in [4.78, 5) is 44.8. The van der Waals surface area contributed by atoms with E-state index < -0.39 is 35.3 Å². The lowest BCUT2D eigenvalue weighted by atomic mass is 9.95. The molecule has 0 bridgehead atoms. The summed E-state index contributed by atoms with van der Waals surface area (Å²) in [6.07, 6.45) is 1.42. The normalized spacial score (nSPS) is 16.6. The average molecular weight is 523 g/mol. The van der Waals surface area contributed by atoms with E-state index in [0.717, 1.165) is 22.3 Å². The van der Waals surface area contributed by atoms with Crippen molar-refractivity contribution in [3.63, 3.8) is 0 Å². The van der Waals surface area contributed by atoms with Crippen LogP contribution in [-0.4, -0.2) is 41.5 Å². The van der Waals surface area contributed by atoms with Gasteiger partial charge in [-0.2, -0.15) is 0 Å². The summed E-state index contributed by atoms with van der Waals surface area (Å²) in [5, 5.41) is 11.2. The first kappa shape index (κ1) is 25.8. The number of aliphatic hydroxyl groups is 1. The molecule has 10 heteroatoms. The highest BCUT2D eigenvalue weighted by Crippen LogP contribution is 2.44. The zero-order valence-corrected chi connectivity index (χ0v) is 21.1. The molecule has 4 rings (SSSR count). The maximum atomic E-state index is 14.3. The second-order valence-corrected chi connectivity index (χ2v) is 9.19. The number of halogens is 1. The molecule has 1 fully saturated rings. The molecule has 1 atom stereocenters. The zero-order valence-electron chi connectivity index (χ0n) is 20.3. The lowest BCUT2D eigenvalue weighted by molar-refractivity contribution is -0.132. The smallest absolute Gasteiger partial charge is 0.350 e. The van der Waals surface area contributed by atoms with Crippen LogP contribution in [-0.2, 0) is 14.3 Å². The molecule has 8 nitrogen and oxygen atoms in total. The van der Waals surface area contributed by atoms with Gasteiger partial charge in [0.15, 0.2) is 5.13 Å². The van der Waals surface area contributed by atoms with Gasteiger partial charge in [0.05, 0.1) is 24.4 Å². The minimum atomic E-state index is -1.12. The second-order valence-electron chi connectivity index (χ2n) is 8.21. The molecule has 0 spiro atoms. The third-order valence-corrected chi connectivity index (χ3v) is 6.95. The fraction of sp³-hybridized carbons (Fsp3) is 0.185. The molecule has 1 N–H and O–H groups in total. The van der Waals surface area contributed by atoms with Gasteiger partial charge in [-0.3, -0.25) is 14.5 Å². The lowest BCUT2D eigenvalue weighted by Crippen LogP contribution is -2.29. The Balaban J connectivity index is 1.91. The number of esters is 1. The first-order chi connectivity index (χ1) is 17.7. The highest BCUT2D eigenvalue weighted by atomic mass is 32.1. The number of thiazole rings is 1. The number of amides is 1. The summed E-state index contributed by atoms with van der Waals surface area (Å²) >= 11 is 0.881. The van der Waals surface area contributed by atoms with Crippen molar-refractivity contribution >= 4 is 39.9 Å². The summed E-state index contributed by atoms with van der Waals surface area (Å²) < 4.78 is 24.7. The molecule has 190 valence electrons. The van der Waals surface area contributed by atoms with Crippen LogP contribution in [0.3, 0.4) is 0 Å². The Morgan fingerprint density at radius 2 is 2.00 bits per heavy atom. The van der Waals surface area contributed by atoms with Crippen molar-refractivity contribution in [3.8, 4) is 5.75 Å². The average Bonchev–Trinajstić information content (AvgIpc) is 3.40. The third kappa shape index (κ3) is 4.75. The summed E-state index contributed by atoms with van der Waals surface area (Å²) in [6, 6.07) is 9.54. The molecule has 1 aliphatic rings. The topological polar surface area (TPSA) is 106 Å². The molecule has 2 aromatic carbocycles. The molecule has 0 radical (unpaired) electrons. The Labute approximate surface area is 216 Å². The molecule has 0 saturated carbocycles. The van der Waals surface area contributed by atoms with Crippen molar-refractivity contribution in [3.05, 3.63) is 93.8 Å². The molecule has 2 heterocycles. The molecule has 1 saturated heterocycles. The van der Waals surface area contributed by atoms with Gasteiger partial charge in [0.2, 0.25) is 0 Å². The van der Waals surface area contributed by atoms with Crippen LogP contribution in [0.5, 0.6) is 5.75 Å². The first-order valence-electron chi connectivity index (χ1n) is 11.1. The van der Waals surface area contributed by atoms with E-state index in [-0.39, 0.29) is 27.8 Å². The fourth-order valence-corrected chi connectivity index (χ4v) is 4.91. The number of rotatable bonds is 7. The summed E-state index contributed by atoms with van der Waals surface area (Å²) in [7, 11) is 1.47. The minimum absolute atomic E-state index is 0.00700.